The van der Waals surface area contributed by atoms with E-state index in [0.29, 0.717) is 13.1 Å². The van der Waals surface area contributed by atoms with Crippen LogP contribution in [0.2, 0.25) is 0 Å². The first-order valence-electron chi connectivity index (χ1n) is 8.39. The summed E-state index contributed by atoms with van der Waals surface area (Å²) in [6, 6.07) is 3.65. The molecule has 4 rings (SSSR count). The van der Waals surface area contributed by atoms with Gasteiger partial charge in [0, 0.05) is 24.0 Å². The molecule has 2 aromatic heterocycles. The average molecular weight is 344 g/mol. The van der Waals surface area contributed by atoms with Crippen LogP contribution in [0.1, 0.15) is 29.8 Å². The summed E-state index contributed by atoms with van der Waals surface area (Å²) in [4.78, 5) is 24.2. The summed E-state index contributed by atoms with van der Waals surface area (Å²) in [6.07, 6.45) is 8.81. The molecule has 0 unspecified atom stereocenters. The van der Waals surface area contributed by atoms with Crippen molar-refractivity contribution in [3.8, 4) is 5.75 Å². The molecule has 1 aliphatic carbocycles. The van der Waals surface area contributed by atoms with Crippen LogP contribution in [0, 0.1) is 0 Å². The van der Waals surface area contributed by atoms with Crippen molar-refractivity contribution in [3.63, 3.8) is 0 Å². The number of hydrogen-bond acceptors (Lipinski definition) is 5. The van der Waals surface area contributed by atoms with E-state index in [1.807, 2.05) is 12.1 Å². The highest BCUT2D eigenvalue weighted by Crippen LogP contribution is 2.30. The van der Waals surface area contributed by atoms with Crippen LogP contribution in [0.3, 0.4) is 0 Å². The Morgan fingerprint density at radius 1 is 1.38 bits per heavy atom. The molecule has 0 radical (unpaired) electrons. The molecule has 0 aromatic carbocycles. The number of carbonyl (C=O) groups is 1. The Hall–Kier alpha value is -2.15. The van der Waals surface area contributed by atoms with Crippen molar-refractivity contribution in [1.29, 1.82) is 0 Å². The molecule has 1 aliphatic heterocycles. The number of aromatic nitrogens is 2. The maximum Gasteiger partial charge on any atom is 0.323 e. The van der Waals surface area contributed by atoms with Crippen molar-refractivity contribution in [2.24, 2.45) is 0 Å². The lowest BCUT2D eigenvalue weighted by Crippen LogP contribution is -2.34. The third-order valence-corrected chi connectivity index (χ3v) is 5.50. The summed E-state index contributed by atoms with van der Waals surface area (Å²) in [7, 11) is 0. The molecular formula is C17H20N4O2S. The maximum atomic E-state index is 12.4. The SMILES string of the molecule is O=C(Nc1nc2c(s1)CCCC2)N1CC[C@H](Oc2cccnc2)C1. The van der Waals surface area contributed by atoms with E-state index in [0.717, 1.165) is 30.1 Å². The second-order valence-electron chi connectivity index (χ2n) is 6.19. The number of rotatable bonds is 3. The van der Waals surface area contributed by atoms with Gasteiger partial charge < -0.3 is 9.64 Å². The summed E-state index contributed by atoms with van der Waals surface area (Å²) in [6.45, 7) is 1.29. The van der Waals surface area contributed by atoms with Gasteiger partial charge in [0.15, 0.2) is 5.13 Å². The largest absolute Gasteiger partial charge is 0.487 e. The molecule has 1 atom stereocenters. The van der Waals surface area contributed by atoms with Crippen molar-refractivity contribution in [3.05, 3.63) is 35.1 Å². The van der Waals surface area contributed by atoms with Crippen LogP contribution in [0.4, 0.5) is 9.93 Å². The maximum absolute atomic E-state index is 12.4. The number of pyridine rings is 1. The Morgan fingerprint density at radius 2 is 2.29 bits per heavy atom. The number of nitrogens with one attached hydrogen (secondary N) is 1. The van der Waals surface area contributed by atoms with Crippen LogP contribution in [0.5, 0.6) is 5.75 Å². The van der Waals surface area contributed by atoms with Crippen LogP contribution in [0.25, 0.3) is 0 Å². The van der Waals surface area contributed by atoms with Gasteiger partial charge in [-0.15, -0.1) is 11.3 Å². The summed E-state index contributed by atoms with van der Waals surface area (Å²) >= 11 is 1.62. The minimum atomic E-state index is -0.0848. The summed E-state index contributed by atoms with van der Waals surface area (Å²) in [5.74, 6) is 0.748. The van der Waals surface area contributed by atoms with E-state index in [9.17, 15) is 4.79 Å². The normalized spacial score (nSPS) is 19.8. The van der Waals surface area contributed by atoms with Gasteiger partial charge in [-0.25, -0.2) is 9.78 Å². The summed E-state index contributed by atoms with van der Waals surface area (Å²) in [5.41, 5.74) is 1.17. The second kappa shape index (κ2) is 6.76. The Bertz CT molecular complexity index is 695. The smallest absolute Gasteiger partial charge is 0.323 e. The monoisotopic (exact) mass is 344 g/mol. The number of thiazole rings is 1. The number of anilines is 1. The van der Waals surface area contributed by atoms with E-state index < -0.39 is 0 Å². The van der Waals surface area contributed by atoms with E-state index in [1.165, 1.54) is 23.4 Å². The van der Waals surface area contributed by atoms with Gasteiger partial charge in [-0.3, -0.25) is 10.3 Å². The third kappa shape index (κ3) is 3.36. The first-order valence-corrected chi connectivity index (χ1v) is 9.21. The number of ether oxygens (including phenoxy) is 1. The number of amides is 2. The molecule has 2 amide bonds. The minimum Gasteiger partial charge on any atom is -0.487 e. The lowest BCUT2D eigenvalue weighted by Gasteiger charge is -2.17. The standard InChI is InChI=1S/C17H20N4O2S/c22-17(20-16-19-14-5-1-2-6-15(14)24-16)21-9-7-13(11-21)23-12-4-3-8-18-10-12/h3-4,8,10,13H,1-2,5-7,9,11H2,(H,19,20,22)/t13-/m0/s1. The average Bonchev–Trinajstić information content (AvgIpc) is 3.22. The van der Waals surface area contributed by atoms with E-state index >= 15 is 0 Å². The number of fused-ring (bicyclic) bond motifs is 1. The van der Waals surface area contributed by atoms with Gasteiger partial charge in [0.25, 0.3) is 0 Å². The number of hydrogen-bond donors (Lipinski definition) is 1. The van der Waals surface area contributed by atoms with E-state index in [4.69, 9.17) is 4.74 Å². The van der Waals surface area contributed by atoms with Crippen molar-refractivity contribution >= 4 is 22.5 Å². The highest BCUT2D eigenvalue weighted by atomic mass is 32.1. The molecule has 2 aromatic rings. The first-order chi connectivity index (χ1) is 11.8. The predicted octanol–water partition coefficient (Wildman–Crippen LogP) is 3.10. The highest BCUT2D eigenvalue weighted by Gasteiger charge is 2.28. The lowest BCUT2D eigenvalue weighted by atomic mass is 10.0. The molecule has 6 nitrogen and oxygen atoms in total. The van der Waals surface area contributed by atoms with Gasteiger partial charge >= 0.3 is 6.03 Å². The number of carbonyl (C=O) groups excluding carboxylic acids is 1. The molecule has 3 heterocycles. The Balaban J connectivity index is 1.33. The lowest BCUT2D eigenvalue weighted by molar-refractivity contribution is 0.194. The third-order valence-electron chi connectivity index (χ3n) is 4.43. The zero-order valence-electron chi connectivity index (χ0n) is 13.4. The topological polar surface area (TPSA) is 67.4 Å². The van der Waals surface area contributed by atoms with Gasteiger partial charge in [-0.05, 0) is 37.8 Å². The van der Waals surface area contributed by atoms with E-state index in [2.05, 4.69) is 15.3 Å². The molecule has 24 heavy (non-hydrogen) atoms. The van der Waals surface area contributed by atoms with Gasteiger partial charge in [-0.2, -0.15) is 0 Å². The van der Waals surface area contributed by atoms with Gasteiger partial charge in [0.05, 0.1) is 18.4 Å². The molecule has 0 bridgehead atoms. The zero-order chi connectivity index (χ0) is 16.4. The van der Waals surface area contributed by atoms with Crippen molar-refractivity contribution in [1.82, 2.24) is 14.9 Å². The number of likely N-dealkylation sites (tertiary alicyclic amines) is 1. The van der Waals surface area contributed by atoms with Gasteiger partial charge in [0.2, 0.25) is 0 Å². The fourth-order valence-electron chi connectivity index (χ4n) is 3.19. The van der Waals surface area contributed by atoms with Crippen LogP contribution in [-0.2, 0) is 12.8 Å². The van der Waals surface area contributed by atoms with Gasteiger partial charge in [0.1, 0.15) is 11.9 Å². The van der Waals surface area contributed by atoms with Crippen LogP contribution >= 0.6 is 11.3 Å². The van der Waals surface area contributed by atoms with Crippen LogP contribution < -0.4 is 10.1 Å². The number of urea groups is 1. The summed E-state index contributed by atoms with van der Waals surface area (Å²) in [5, 5.41) is 3.68. The van der Waals surface area contributed by atoms with E-state index in [1.54, 1.807) is 28.6 Å². The molecule has 0 spiro atoms. The second-order valence-corrected chi connectivity index (χ2v) is 7.27. The van der Waals surface area contributed by atoms with Crippen molar-refractivity contribution in [2.45, 2.75) is 38.2 Å². The zero-order valence-corrected chi connectivity index (χ0v) is 14.2. The Labute approximate surface area is 144 Å². The first kappa shape index (κ1) is 15.4. The molecule has 0 saturated carbocycles. The molecule has 1 N–H and O–H groups in total. The van der Waals surface area contributed by atoms with Crippen molar-refractivity contribution in [2.75, 3.05) is 18.4 Å². The number of nitrogens with zero attached hydrogens (tertiary/aromatic N) is 3. The predicted molar refractivity (Wildman–Crippen MR) is 92.6 cm³/mol. The molecular weight excluding hydrogens is 324 g/mol. The molecule has 1 saturated heterocycles. The Morgan fingerprint density at radius 3 is 3.12 bits per heavy atom. The van der Waals surface area contributed by atoms with Crippen molar-refractivity contribution < 1.29 is 9.53 Å². The quantitative estimate of drug-likeness (QED) is 0.929. The fourth-order valence-corrected chi connectivity index (χ4v) is 4.23. The molecule has 2 aliphatic rings. The molecule has 1 fully saturated rings. The fraction of sp³-hybridized carbons (Fsp3) is 0.471. The van der Waals surface area contributed by atoms with Gasteiger partial charge in [-0.1, -0.05) is 0 Å². The van der Waals surface area contributed by atoms with Crippen LogP contribution in [0.15, 0.2) is 24.5 Å². The highest BCUT2D eigenvalue weighted by molar-refractivity contribution is 7.15. The number of aryl methyl sites for hydroxylation is 2. The molecule has 7 heteroatoms. The Kier molecular flexibility index (Phi) is 4.34. The minimum absolute atomic E-state index is 0.0180. The van der Waals surface area contributed by atoms with Crippen LogP contribution in [-0.4, -0.2) is 40.1 Å². The van der Waals surface area contributed by atoms with E-state index in [-0.39, 0.29) is 12.1 Å². The molecule has 126 valence electrons. The summed E-state index contributed by atoms with van der Waals surface area (Å²) < 4.78 is 5.88.